The molecule has 1 aliphatic rings. The van der Waals surface area contributed by atoms with E-state index in [4.69, 9.17) is 44.3 Å². The van der Waals surface area contributed by atoms with Crippen LogP contribution in [-0.2, 0) is 9.53 Å². The lowest BCUT2D eigenvalue weighted by Crippen LogP contribution is -2.55. The zero-order chi connectivity index (χ0) is 37.3. The molecule has 8 nitrogen and oxygen atoms in total. The normalized spacial score (nSPS) is 16.1. The van der Waals surface area contributed by atoms with Crippen LogP contribution in [0.25, 0.3) is 0 Å². The average molecular weight is 747 g/mol. The number of nitrogens with one attached hydrogen (secondary N) is 1. The monoisotopic (exact) mass is 745 g/mol. The lowest BCUT2D eigenvalue weighted by molar-refractivity contribution is -0.149. The van der Waals surface area contributed by atoms with E-state index in [9.17, 15) is 19.6 Å². The maximum Gasteiger partial charge on any atom is 0.311 e. The minimum atomic E-state index is -1.03. The SMILES string of the molecule is CC(C)(C)N(NC(=O)c1ccc(Cl)cc1)C(=O)c1ccccc1.CC1(C)[C@H](C(=O)OC(C#N)c2cccc(Oc3ccccc3)c2)[C@@H]1C=C(Cl)Cl. The second-order valence-electron chi connectivity index (χ2n) is 13.3. The Kier molecular flexibility index (Phi) is 12.9. The molecule has 0 spiro atoms. The fourth-order valence-electron chi connectivity index (χ4n) is 5.30. The average Bonchev–Trinajstić information content (AvgIpc) is 3.64. The molecule has 1 N–H and O–H groups in total. The van der Waals surface area contributed by atoms with Gasteiger partial charge in [-0.15, -0.1) is 0 Å². The standard InChI is InChI=1S/C22H19Cl2NO3.C18H19ClN2O2/c1-22(2)17(12-19(23)24)20(22)21(26)28-18(13-25)14-7-6-10-16(11-14)27-15-8-4-3-5-9-15;1-18(2,3)21(17(23)14-7-5-4-6-8-14)20-16(22)13-9-11-15(19)12-10-13/h3-12,17-18,20H,1-2H3;4-12H,1-3H3,(H,20,22)/t17-,18?,20-;/m0./s1. The lowest BCUT2D eigenvalue weighted by Gasteiger charge is -2.35. The van der Waals surface area contributed by atoms with Gasteiger partial charge in [-0.3, -0.25) is 19.8 Å². The third kappa shape index (κ3) is 10.6. The molecule has 4 aromatic carbocycles. The summed E-state index contributed by atoms with van der Waals surface area (Å²) >= 11 is 17.3. The molecular formula is C40H38Cl3N3O5. The number of ether oxygens (including phenoxy) is 2. The maximum absolute atomic E-state index is 12.7. The van der Waals surface area contributed by atoms with Crippen LogP contribution in [0.15, 0.2) is 120 Å². The molecule has 0 aliphatic heterocycles. The first-order valence-corrected chi connectivity index (χ1v) is 17.2. The zero-order valence-corrected chi connectivity index (χ0v) is 31.0. The van der Waals surface area contributed by atoms with Gasteiger partial charge in [-0.05, 0) is 98.8 Å². The van der Waals surface area contributed by atoms with Crippen LogP contribution in [0.2, 0.25) is 5.02 Å². The van der Waals surface area contributed by atoms with E-state index in [1.165, 1.54) is 5.01 Å². The van der Waals surface area contributed by atoms with Crippen LogP contribution in [-0.4, -0.2) is 28.3 Å². The molecule has 1 saturated carbocycles. The van der Waals surface area contributed by atoms with E-state index in [0.717, 1.165) is 0 Å². The molecule has 1 fully saturated rings. The van der Waals surface area contributed by atoms with Crippen molar-refractivity contribution < 1.29 is 23.9 Å². The van der Waals surface area contributed by atoms with E-state index in [2.05, 4.69) is 5.43 Å². The van der Waals surface area contributed by atoms with Gasteiger partial charge in [-0.1, -0.05) is 97.2 Å². The highest BCUT2D eigenvalue weighted by Crippen LogP contribution is 2.60. The van der Waals surface area contributed by atoms with Crippen molar-refractivity contribution in [3.63, 3.8) is 0 Å². The van der Waals surface area contributed by atoms with Gasteiger partial charge in [-0.25, -0.2) is 5.01 Å². The number of hydrogen-bond donors (Lipinski definition) is 1. The fourth-order valence-corrected chi connectivity index (χ4v) is 5.70. The number of hydrazine groups is 1. The third-order valence-corrected chi connectivity index (χ3v) is 8.68. The van der Waals surface area contributed by atoms with Crippen LogP contribution in [0.5, 0.6) is 11.5 Å². The number of carbonyl (C=O) groups excluding carboxylic acids is 3. The minimum Gasteiger partial charge on any atom is -0.457 e. The van der Waals surface area contributed by atoms with Crippen molar-refractivity contribution >= 4 is 52.6 Å². The number of allylic oxidation sites excluding steroid dienone is 1. The Bertz CT molecular complexity index is 1900. The quantitative estimate of drug-likeness (QED) is 0.142. The Morgan fingerprint density at radius 3 is 2.02 bits per heavy atom. The Morgan fingerprint density at radius 2 is 1.45 bits per heavy atom. The predicted molar refractivity (Wildman–Crippen MR) is 199 cm³/mol. The van der Waals surface area contributed by atoms with Gasteiger partial charge in [0, 0.05) is 21.7 Å². The molecule has 0 aromatic heterocycles. The Morgan fingerprint density at radius 1 is 0.863 bits per heavy atom. The van der Waals surface area contributed by atoms with Crippen LogP contribution >= 0.6 is 34.8 Å². The summed E-state index contributed by atoms with van der Waals surface area (Å²) in [7, 11) is 0. The van der Waals surface area contributed by atoms with Gasteiger partial charge in [0.05, 0.1) is 11.5 Å². The number of nitrogens with zero attached hydrogens (tertiary/aromatic N) is 2. The number of nitriles is 1. The molecule has 5 rings (SSSR count). The summed E-state index contributed by atoms with van der Waals surface area (Å²) in [6, 6.07) is 33.6. The van der Waals surface area contributed by atoms with Crippen LogP contribution in [0.3, 0.4) is 0 Å². The highest BCUT2D eigenvalue weighted by Gasteiger charge is 2.62. The van der Waals surface area contributed by atoms with E-state index in [1.54, 1.807) is 78.9 Å². The van der Waals surface area contributed by atoms with Gasteiger partial charge >= 0.3 is 5.97 Å². The van der Waals surface area contributed by atoms with Crippen molar-refractivity contribution in [3.05, 3.63) is 141 Å². The van der Waals surface area contributed by atoms with E-state index in [-0.39, 0.29) is 33.6 Å². The first kappa shape index (κ1) is 39.0. The number of benzene rings is 4. The van der Waals surface area contributed by atoms with E-state index in [1.807, 2.05) is 77.1 Å². The molecule has 11 heteroatoms. The first-order chi connectivity index (χ1) is 24.1. The molecule has 0 heterocycles. The highest BCUT2D eigenvalue weighted by molar-refractivity contribution is 6.55. The summed E-state index contributed by atoms with van der Waals surface area (Å²) in [5, 5.41) is 11.4. The van der Waals surface area contributed by atoms with Crippen molar-refractivity contribution in [2.45, 2.75) is 46.3 Å². The molecule has 1 unspecified atom stereocenters. The lowest BCUT2D eigenvalue weighted by atomic mass is 10.1. The van der Waals surface area contributed by atoms with Gasteiger partial charge in [0.25, 0.3) is 11.8 Å². The Hall–Kier alpha value is -4.81. The predicted octanol–water partition coefficient (Wildman–Crippen LogP) is 10.1. The van der Waals surface area contributed by atoms with Crippen molar-refractivity contribution in [2.24, 2.45) is 17.3 Å². The number of esters is 1. The minimum absolute atomic E-state index is 0.114. The molecule has 2 amide bonds. The zero-order valence-electron chi connectivity index (χ0n) is 28.8. The molecule has 0 bridgehead atoms. The molecule has 0 radical (unpaired) electrons. The van der Waals surface area contributed by atoms with Crippen LogP contribution in [0.4, 0.5) is 0 Å². The van der Waals surface area contributed by atoms with Gasteiger partial charge in [0.2, 0.25) is 6.10 Å². The Balaban J connectivity index is 0.000000233. The number of para-hydroxylation sites is 1. The summed E-state index contributed by atoms with van der Waals surface area (Å²) in [6.07, 6.45) is 0.615. The number of carbonyl (C=O) groups is 3. The van der Waals surface area contributed by atoms with Crippen LogP contribution < -0.4 is 10.2 Å². The Labute approximate surface area is 313 Å². The fraction of sp³-hybridized carbons (Fsp3) is 0.250. The molecule has 0 saturated heterocycles. The molecular weight excluding hydrogens is 709 g/mol. The van der Waals surface area contributed by atoms with E-state index in [0.29, 0.717) is 33.2 Å². The largest absolute Gasteiger partial charge is 0.457 e. The number of halogens is 3. The maximum atomic E-state index is 12.7. The van der Waals surface area contributed by atoms with Crippen molar-refractivity contribution in [2.75, 3.05) is 0 Å². The van der Waals surface area contributed by atoms with Gasteiger partial charge in [0.1, 0.15) is 22.1 Å². The highest BCUT2D eigenvalue weighted by atomic mass is 35.5. The van der Waals surface area contributed by atoms with Gasteiger partial charge < -0.3 is 9.47 Å². The molecule has 51 heavy (non-hydrogen) atoms. The summed E-state index contributed by atoms with van der Waals surface area (Å²) < 4.78 is 11.4. The van der Waals surface area contributed by atoms with E-state index >= 15 is 0 Å². The van der Waals surface area contributed by atoms with Crippen LogP contribution in [0.1, 0.15) is 67.0 Å². The van der Waals surface area contributed by atoms with Crippen molar-refractivity contribution in [3.8, 4) is 17.6 Å². The molecule has 1 aliphatic carbocycles. The number of hydrogen-bond acceptors (Lipinski definition) is 6. The van der Waals surface area contributed by atoms with Crippen LogP contribution in [0, 0.1) is 28.6 Å². The topological polar surface area (TPSA) is 109 Å². The summed E-state index contributed by atoms with van der Waals surface area (Å²) in [4.78, 5) is 37.7. The number of rotatable bonds is 8. The van der Waals surface area contributed by atoms with Crippen molar-refractivity contribution in [1.29, 1.82) is 5.26 Å². The van der Waals surface area contributed by atoms with Crippen molar-refractivity contribution in [1.82, 2.24) is 10.4 Å². The summed E-state index contributed by atoms with van der Waals surface area (Å²) in [6.45, 7) is 9.45. The molecule has 264 valence electrons. The molecule has 3 atom stereocenters. The summed E-state index contributed by atoms with van der Waals surface area (Å²) in [5.74, 6) is -0.335. The van der Waals surface area contributed by atoms with E-state index < -0.39 is 17.6 Å². The van der Waals surface area contributed by atoms with Gasteiger partial charge in [0.15, 0.2) is 0 Å². The second-order valence-corrected chi connectivity index (χ2v) is 14.8. The van der Waals surface area contributed by atoms with Gasteiger partial charge in [-0.2, -0.15) is 5.26 Å². The second kappa shape index (κ2) is 16.9. The smallest absolute Gasteiger partial charge is 0.311 e. The number of amides is 2. The first-order valence-electron chi connectivity index (χ1n) is 16.0. The molecule has 4 aromatic rings. The summed E-state index contributed by atoms with van der Waals surface area (Å²) in [5.41, 5.74) is 3.30. The third-order valence-electron chi connectivity index (χ3n) is 8.18.